The average Bonchev–Trinajstić information content (AvgIpc) is 2.70. The molecule has 0 saturated heterocycles. The normalized spacial score (nSPS) is 15.0. The maximum Gasteiger partial charge on any atom is 0.326 e. The molecule has 0 aliphatic rings. The Morgan fingerprint density at radius 3 is 1.83 bits per heavy atom. The maximum atomic E-state index is 12.8. The molecule has 0 aliphatic carbocycles. The Labute approximate surface area is 192 Å². The second-order valence-corrected chi connectivity index (χ2v) is 9.38. The summed E-state index contributed by atoms with van der Waals surface area (Å²) in [6.45, 7) is 3.49. The first-order chi connectivity index (χ1) is 14.1. The predicted octanol–water partition coefficient (Wildman–Crippen LogP) is -0.0553. The number of carbonyl (C=O) groups is 4. The molecule has 0 aromatic heterocycles. The van der Waals surface area contributed by atoms with Crippen molar-refractivity contribution in [2.45, 2.75) is 50.9 Å². The average molecular weight is 483 g/mol. The van der Waals surface area contributed by atoms with Gasteiger partial charge in [0.2, 0.25) is 17.7 Å². The number of nitrogens with two attached hydrogens (primary N) is 1. The monoisotopic (exact) mass is 482 g/mol. The molecule has 4 atom stereocenters. The first-order valence-corrected chi connectivity index (χ1v) is 13.0. The van der Waals surface area contributed by atoms with E-state index in [0.29, 0.717) is 17.9 Å². The van der Waals surface area contributed by atoms with Gasteiger partial charge in [0.15, 0.2) is 0 Å². The van der Waals surface area contributed by atoms with Crippen molar-refractivity contribution in [3.05, 3.63) is 0 Å². The highest BCUT2D eigenvalue weighted by molar-refractivity contribution is 7.98. The van der Waals surface area contributed by atoms with E-state index in [-0.39, 0.29) is 18.1 Å². The third-order valence-electron chi connectivity index (χ3n) is 4.25. The Balaban J connectivity index is 5.28. The van der Waals surface area contributed by atoms with Gasteiger partial charge in [-0.2, -0.15) is 36.2 Å². The van der Waals surface area contributed by atoms with E-state index < -0.39 is 47.9 Å². The first-order valence-electron chi connectivity index (χ1n) is 9.57. The number of hydrogen-bond donors (Lipinski definition) is 6. The maximum absolute atomic E-state index is 12.8. The van der Waals surface area contributed by atoms with Crippen LogP contribution >= 0.6 is 36.2 Å². The van der Waals surface area contributed by atoms with E-state index in [1.165, 1.54) is 23.5 Å². The Bertz CT molecular complexity index is 580. The van der Waals surface area contributed by atoms with Gasteiger partial charge < -0.3 is 26.8 Å². The van der Waals surface area contributed by atoms with Crippen LogP contribution in [0.25, 0.3) is 0 Å². The quantitative estimate of drug-likeness (QED) is 0.178. The minimum atomic E-state index is -1.13. The van der Waals surface area contributed by atoms with Crippen LogP contribution in [0.3, 0.4) is 0 Å². The van der Waals surface area contributed by atoms with Crippen molar-refractivity contribution in [3.63, 3.8) is 0 Å². The summed E-state index contributed by atoms with van der Waals surface area (Å²) in [5, 5.41) is 17.1. The summed E-state index contributed by atoms with van der Waals surface area (Å²) in [6.07, 6.45) is 4.35. The molecule has 0 bridgehead atoms. The fourth-order valence-corrected chi connectivity index (χ4v) is 3.52. The summed E-state index contributed by atoms with van der Waals surface area (Å²) in [5.74, 6) is -1.70. The molecule has 0 fully saturated rings. The minimum absolute atomic E-state index is 0.131. The van der Waals surface area contributed by atoms with E-state index in [0.717, 1.165) is 0 Å². The van der Waals surface area contributed by atoms with E-state index in [1.807, 2.05) is 12.5 Å². The van der Waals surface area contributed by atoms with E-state index in [4.69, 9.17) is 5.73 Å². The van der Waals surface area contributed by atoms with Crippen LogP contribution in [0.1, 0.15) is 26.7 Å². The van der Waals surface area contributed by atoms with Crippen LogP contribution in [0.15, 0.2) is 0 Å². The Morgan fingerprint density at radius 2 is 1.40 bits per heavy atom. The van der Waals surface area contributed by atoms with Gasteiger partial charge in [-0.15, -0.1) is 0 Å². The summed E-state index contributed by atoms with van der Waals surface area (Å²) in [5.41, 5.74) is 5.67. The summed E-state index contributed by atoms with van der Waals surface area (Å²) >= 11 is 6.98. The number of rotatable bonds is 15. The zero-order valence-corrected chi connectivity index (χ0v) is 20.4. The first kappa shape index (κ1) is 28.9. The van der Waals surface area contributed by atoms with Gasteiger partial charge in [-0.05, 0) is 42.8 Å². The molecule has 0 heterocycles. The standard InChI is InChI=1S/C18H34N4O5S3/c1-10(2)14(17(25)21-13(18(26)27)6-8-30-4)22-16(24)12(5-7-29-3)20-15(23)11(19)9-28/h10-14,28H,5-9,19H2,1-4H3,(H,20,23)(H,21,25)(H,22,24)(H,26,27). The topological polar surface area (TPSA) is 151 Å². The Kier molecular flexibility index (Phi) is 15.1. The van der Waals surface area contributed by atoms with Crippen LogP contribution < -0.4 is 21.7 Å². The highest BCUT2D eigenvalue weighted by Crippen LogP contribution is 2.08. The van der Waals surface area contributed by atoms with Crippen LogP contribution in [0.4, 0.5) is 0 Å². The van der Waals surface area contributed by atoms with Crippen LogP contribution in [-0.4, -0.2) is 82.7 Å². The van der Waals surface area contributed by atoms with E-state index in [2.05, 4.69) is 28.6 Å². The zero-order valence-electron chi connectivity index (χ0n) is 17.8. The van der Waals surface area contributed by atoms with Crippen LogP contribution in [0.2, 0.25) is 0 Å². The Hall–Kier alpha value is -1.11. The van der Waals surface area contributed by atoms with Gasteiger partial charge in [-0.25, -0.2) is 4.79 Å². The molecule has 3 amide bonds. The molecule has 174 valence electrons. The second-order valence-electron chi connectivity index (χ2n) is 7.04. The highest BCUT2D eigenvalue weighted by atomic mass is 32.2. The van der Waals surface area contributed by atoms with Crippen LogP contribution in [0, 0.1) is 5.92 Å². The lowest BCUT2D eigenvalue weighted by Crippen LogP contribution is -2.58. The third kappa shape index (κ3) is 10.8. The number of amides is 3. The number of carboxylic acids is 1. The van der Waals surface area contributed by atoms with Gasteiger partial charge in [0.25, 0.3) is 0 Å². The fourth-order valence-electron chi connectivity index (χ4n) is 2.41. The smallest absolute Gasteiger partial charge is 0.326 e. The van der Waals surface area contributed by atoms with Crippen molar-refractivity contribution in [1.29, 1.82) is 0 Å². The van der Waals surface area contributed by atoms with Gasteiger partial charge in [0, 0.05) is 5.75 Å². The van der Waals surface area contributed by atoms with Crippen molar-refractivity contribution < 1.29 is 24.3 Å². The van der Waals surface area contributed by atoms with Crippen LogP contribution in [-0.2, 0) is 19.2 Å². The van der Waals surface area contributed by atoms with Gasteiger partial charge in [0.1, 0.15) is 18.1 Å². The molecule has 0 saturated carbocycles. The summed E-state index contributed by atoms with van der Waals surface area (Å²) in [6, 6.07) is -3.70. The van der Waals surface area contributed by atoms with Crippen molar-refractivity contribution >= 4 is 59.8 Å². The number of thiol groups is 1. The SMILES string of the molecule is CSCCC(NC(=O)C(NC(=O)C(CCSC)NC(=O)C(N)CS)C(C)C)C(=O)O. The summed E-state index contributed by atoms with van der Waals surface area (Å²) in [7, 11) is 0. The Morgan fingerprint density at radius 1 is 0.900 bits per heavy atom. The number of nitrogens with one attached hydrogen (secondary N) is 3. The number of carboxylic acid groups (broad SMARTS) is 1. The molecular formula is C18H34N4O5S3. The summed E-state index contributed by atoms with van der Waals surface area (Å²) < 4.78 is 0. The van der Waals surface area contributed by atoms with E-state index in [1.54, 1.807) is 13.8 Å². The molecule has 0 aliphatic heterocycles. The number of thioether (sulfide) groups is 2. The molecular weight excluding hydrogens is 448 g/mol. The highest BCUT2D eigenvalue weighted by Gasteiger charge is 2.31. The summed E-state index contributed by atoms with van der Waals surface area (Å²) in [4.78, 5) is 49.0. The molecule has 0 spiro atoms. The van der Waals surface area contributed by atoms with Crippen LogP contribution in [0.5, 0.6) is 0 Å². The molecule has 0 rings (SSSR count). The lowest BCUT2D eigenvalue weighted by molar-refractivity contribution is -0.142. The minimum Gasteiger partial charge on any atom is -0.480 e. The fraction of sp³-hybridized carbons (Fsp3) is 0.778. The van der Waals surface area contributed by atoms with Crippen molar-refractivity contribution in [1.82, 2.24) is 16.0 Å². The molecule has 30 heavy (non-hydrogen) atoms. The number of carbonyl (C=O) groups excluding carboxylic acids is 3. The molecule has 4 unspecified atom stereocenters. The zero-order chi connectivity index (χ0) is 23.3. The van der Waals surface area contributed by atoms with Gasteiger partial charge in [-0.3, -0.25) is 14.4 Å². The largest absolute Gasteiger partial charge is 0.480 e. The van der Waals surface area contributed by atoms with Crippen molar-refractivity contribution in [2.75, 3.05) is 29.8 Å². The lowest BCUT2D eigenvalue weighted by Gasteiger charge is -2.27. The molecule has 0 radical (unpaired) electrons. The third-order valence-corrected chi connectivity index (χ3v) is 5.93. The van der Waals surface area contributed by atoms with E-state index >= 15 is 0 Å². The van der Waals surface area contributed by atoms with Crippen molar-refractivity contribution in [3.8, 4) is 0 Å². The van der Waals surface area contributed by atoms with Crippen molar-refractivity contribution in [2.24, 2.45) is 11.7 Å². The van der Waals surface area contributed by atoms with E-state index in [9.17, 15) is 24.3 Å². The molecule has 9 nitrogen and oxygen atoms in total. The molecule has 0 aromatic rings. The van der Waals surface area contributed by atoms with Gasteiger partial charge in [0.05, 0.1) is 6.04 Å². The second kappa shape index (κ2) is 15.7. The predicted molar refractivity (Wildman–Crippen MR) is 126 cm³/mol. The lowest BCUT2D eigenvalue weighted by atomic mass is 10.0. The molecule has 6 N–H and O–H groups in total. The van der Waals surface area contributed by atoms with Gasteiger partial charge >= 0.3 is 5.97 Å². The molecule has 12 heteroatoms. The number of aliphatic carboxylic acids is 1. The van der Waals surface area contributed by atoms with Gasteiger partial charge in [-0.1, -0.05) is 13.8 Å². The number of hydrogen-bond acceptors (Lipinski definition) is 8. The molecule has 0 aromatic carbocycles.